The Kier molecular flexibility index (Phi) is 9.83. The zero-order chi connectivity index (χ0) is 26.9. The molecule has 1 aliphatic rings. The minimum absolute atomic E-state index is 0.132. The molecule has 0 radical (unpaired) electrons. The van der Waals surface area contributed by atoms with Crippen molar-refractivity contribution in [3.05, 3.63) is 100 Å². The topological polar surface area (TPSA) is 58.6 Å². The van der Waals surface area contributed by atoms with Crippen molar-refractivity contribution in [1.29, 1.82) is 0 Å². The van der Waals surface area contributed by atoms with Crippen LogP contribution in [0.2, 0.25) is 5.02 Å². The molecule has 1 saturated carbocycles. The van der Waals surface area contributed by atoms with E-state index in [0.717, 1.165) is 47.9 Å². The van der Waals surface area contributed by atoms with Crippen LogP contribution in [0.4, 0.5) is 0 Å². The summed E-state index contributed by atoms with van der Waals surface area (Å²) in [5, 5.41) is 3.82. The SMILES string of the molecule is Cc1ccc(C)c(OCC(=O)N(Cc2ccccc2Cl)[C@@H](Cc2ccccc2)C(=O)NC2CCCCC2)c1. The molecule has 38 heavy (non-hydrogen) atoms. The van der Waals surface area contributed by atoms with Crippen LogP contribution < -0.4 is 10.1 Å². The largest absolute Gasteiger partial charge is 0.483 e. The first-order valence-corrected chi connectivity index (χ1v) is 13.9. The summed E-state index contributed by atoms with van der Waals surface area (Å²) in [6.45, 7) is 3.99. The monoisotopic (exact) mass is 532 g/mol. The lowest BCUT2D eigenvalue weighted by Gasteiger charge is -2.33. The highest BCUT2D eigenvalue weighted by atomic mass is 35.5. The molecule has 1 aliphatic carbocycles. The van der Waals surface area contributed by atoms with Gasteiger partial charge >= 0.3 is 0 Å². The van der Waals surface area contributed by atoms with E-state index < -0.39 is 6.04 Å². The molecular weight excluding hydrogens is 496 g/mol. The highest BCUT2D eigenvalue weighted by Gasteiger charge is 2.32. The maximum atomic E-state index is 13.8. The maximum absolute atomic E-state index is 13.8. The molecular formula is C32H37ClN2O3. The highest BCUT2D eigenvalue weighted by molar-refractivity contribution is 6.31. The van der Waals surface area contributed by atoms with E-state index in [4.69, 9.17) is 16.3 Å². The van der Waals surface area contributed by atoms with Gasteiger partial charge in [-0.3, -0.25) is 9.59 Å². The molecule has 5 nitrogen and oxygen atoms in total. The van der Waals surface area contributed by atoms with Gasteiger partial charge in [-0.05, 0) is 61.1 Å². The van der Waals surface area contributed by atoms with Crippen LogP contribution in [0.5, 0.6) is 5.75 Å². The van der Waals surface area contributed by atoms with Crippen molar-refractivity contribution in [1.82, 2.24) is 10.2 Å². The fourth-order valence-electron chi connectivity index (χ4n) is 4.99. The molecule has 1 N–H and O–H groups in total. The first-order valence-electron chi connectivity index (χ1n) is 13.5. The molecule has 4 rings (SSSR count). The zero-order valence-corrected chi connectivity index (χ0v) is 23.0. The molecule has 0 bridgehead atoms. The Morgan fingerprint density at radius 1 is 0.974 bits per heavy atom. The predicted molar refractivity (Wildman–Crippen MR) is 152 cm³/mol. The fraction of sp³-hybridized carbons (Fsp3) is 0.375. The number of benzene rings is 3. The van der Waals surface area contributed by atoms with Crippen LogP contribution in [0.3, 0.4) is 0 Å². The third-order valence-corrected chi connectivity index (χ3v) is 7.58. The van der Waals surface area contributed by atoms with Gasteiger partial charge in [0.1, 0.15) is 11.8 Å². The van der Waals surface area contributed by atoms with Crippen molar-refractivity contribution in [3.8, 4) is 5.75 Å². The van der Waals surface area contributed by atoms with Gasteiger partial charge in [-0.1, -0.05) is 91.5 Å². The molecule has 2 amide bonds. The van der Waals surface area contributed by atoms with Gasteiger partial charge in [0.2, 0.25) is 5.91 Å². The molecule has 3 aromatic rings. The Bertz CT molecular complexity index is 1220. The van der Waals surface area contributed by atoms with Gasteiger partial charge in [-0.2, -0.15) is 0 Å². The molecule has 3 aromatic carbocycles. The lowest BCUT2D eigenvalue weighted by molar-refractivity contribution is -0.143. The van der Waals surface area contributed by atoms with Crippen LogP contribution in [-0.4, -0.2) is 35.4 Å². The van der Waals surface area contributed by atoms with E-state index in [0.29, 0.717) is 17.2 Å². The minimum Gasteiger partial charge on any atom is -0.483 e. The van der Waals surface area contributed by atoms with Gasteiger partial charge in [0, 0.05) is 24.0 Å². The Balaban J connectivity index is 1.63. The molecule has 0 unspecified atom stereocenters. The lowest BCUT2D eigenvalue weighted by atomic mass is 9.94. The Hall–Kier alpha value is -3.31. The van der Waals surface area contributed by atoms with Crippen molar-refractivity contribution >= 4 is 23.4 Å². The number of amides is 2. The van der Waals surface area contributed by atoms with Crippen molar-refractivity contribution in [3.63, 3.8) is 0 Å². The molecule has 200 valence electrons. The van der Waals surface area contributed by atoms with Crippen molar-refractivity contribution < 1.29 is 14.3 Å². The Morgan fingerprint density at radius 3 is 2.42 bits per heavy atom. The molecule has 1 fully saturated rings. The van der Waals surface area contributed by atoms with Gasteiger partial charge in [-0.25, -0.2) is 0 Å². The molecule has 0 spiro atoms. The molecule has 0 aromatic heterocycles. The summed E-state index contributed by atoms with van der Waals surface area (Å²) in [5.41, 5.74) is 3.79. The third kappa shape index (κ3) is 7.61. The summed E-state index contributed by atoms with van der Waals surface area (Å²) >= 11 is 6.51. The quantitative estimate of drug-likeness (QED) is 0.327. The van der Waals surface area contributed by atoms with E-state index >= 15 is 0 Å². The number of carbonyl (C=O) groups is 2. The van der Waals surface area contributed by atoms with Crippen LogP contribution in [0.15, 0.2) is 72.8 Å². The van der Waals surface area contributed by atoms with Crippen LogP contribution in [0, 0.1) is 13.8 Å². The van der Waals surface area contributed by atoms with Gasteiger partial charge in [0.25, 0.3) is 5.91 Å². The highest BCUT2D eigenvalue weighted by Crippen LogP contribution is 2.23. The summed E-state index contributed by atoms with van der Waals surface area (Å²) in [5.74, 6) is 0.278. The van der Waals surface area contributed by atoms with Crippen LogP contribution in [0.25, 0.3) is 0 Å². The average Bonchev–Trinajstić information content (AvgIpc) is 2.93. The summed E-state index contributed by atoms with van der Waals surface area (Å²) in [7, 11) is 0. The second kappa shape index (κ2) is 13.5. The van der Waals surface area contributed by atoms with E-state index in [2.05, 4.69) is 5.32 Å². The van der Waals surface area contributed by atoms with Gasteiger partial charge in [-0.15, -0.1) is 0 Å². The lowest BCUT2D eigenvalue weighted by Crippen LogP contribution is -2.53. The number of halogens is 1. The maximum Gasteiger partial charge on any atom is 0.261 e. The Morgan fingerprint density at radius 2 is 1.68 bits per heavy atom. The number of hydrogen-bond acceptors (Lipinski definition) is 3. The number of hydrogen-bond donors (Lipinski definition) is 1. The number of nitrogens with zero attached hydrogens (tertiary/aromatic N) is 1. The van der Waals surface area contributed by atoms with E-state index in [1.165, 1.54) is 6.42 Å². The van der Waals surface area contributed by atoms with Crippen molar-refractivity contribution in [2.75, 3.05) is 6.61 Å². The van der Waals surface area contributed by atoms with Crippen LogP contribution >= 0.6 is 11.6 Å². The van der Waals surface area contributed by atoms with Crippen LogP contribution in [0.1, 0.15) is 54.4 Å². The molecule has 1 atom stereocenters. The molecule has 6 heteroatoms. The van der Waals surface area contributed by atoms with Gasteiger partial charge in [0.05, 0.1) is 0 Å². The van der Waals surface area contributed by atoms with E-state index in [1.807, 2.05) is 80.6 Å². The third-order valence-electron chi connectivity index (χ3n) is 7.22. The minimum atomic E-state index is -0.703. The van der Waals surface area contributed by atoms with E-state index in [9.17, 15) is 9.59 Å². The zero-order valence-electron chi connectivity index (χ0n) is 22.3. The number of carbonyl (C=O) groups excluding carboxylic acids is 2. The number of aryl methyl sites for hydroxylation is 2. The summed E-state index contributed by atoms with van der Waals surface area (Å²) < 4.78 is 6.00. The Labute approximate surface area is 231 Å². The molecule has 0 heterocycles. The number of nitrogens with one attached hydrogen (secondary N) is 1. The second-order valence-corrected chi connectivity index (χ2v) is 10.6. The fourth-order valence-corrected chi connectivity index (χ4v) is 5.19. The number of rotatable bonds is 10. The van der Waals surface area contributed by atoms with Crippen molar-refractivity contribution in [2.24, 2.45) is 0 Å². The van der Waals surface area contributed by atoms with Gasteiger partial charge < -0.3 is 15.0 Å². The first-order chi connectivity index (χ1) is 18.4. The van der Waals surface area contributed by atoms with Crippen LogP contribution in [-0.2, 0) is 22.6 Å². The van der Waals surface area contributed by atoms with E-state index in [-0.39, 0.29) is 31.0 Å². The number of ether oxygens (including phenoxy) is 1. The standard InChI is InChI=1S/C32H37ClN2O3/c1-23-17-18-24(2)30(19-23)38-22-31(36)35(21-26-13-9-10-16-28(26)33)29(20-25-11-5-3-6-12-25)32(37)34-27-14-7-4-8-15-27/h3,5-6,9-13,16-19,27,29H,4,7-8,14-15,20-22H2,1-2H3,(H,34,37)/t29-/m0/s1. The first kappa shape index (κ1) is 27.7. The second-order valence-electron chi connectivity index (χ2n) is 10.2. The van der Waals surface area contributed by atoms with Crippen molar-refractivity contribution in [2.45, 2.75) is 71.0 Å². The summed E-state index contributed by atoms with van der Waals surface area (Å²) in [6.07, 6.45) is 5.77. The van der Waals surface area contributed by atoms with Gasteiger partial charge in [0.15, 0.2) is 6.61 Å². The smallest absolute Gasteiger partial charge is 0.261 e. The molecule has 0 saturated heterocycles. The normalized spacial score (nSPS) is 14.5. The summed E-state index contributed by atoms with van der Waals surface area (Å²) in [4.78, 5) is 29.3. The predicted octanol–water partition coefficient (Wildman–Crippen LogP) is 6.42. The summed E-state index contributed by atoms with van der Waals surface area (Å²) in [6, 6.07) is 22.6. The van der Waals surface area contributed by atoms with E-state index in [1.54, 1.807) is 11.0 Å². The molecule has 0 aliphatic heterocycles. The average molecular weight is 533 g/mol.